The number of hydrogen-bond donors (Lipinski definition) is 1. The van der Waals surface area contributed by atoms with E-state index in [0.717, 1.165) is 17.3 Å². The summed E-state index contributed by atoms with van der Waals surface area (Å²) in [4.78, 5) is 4.88. The second-order valence-electron chi connectivity index (χ2n) is 5.60. The average Bonchev–Trinajstić information content (AvgIpc) is 2.39. The summed E-state index contributed by atoms with van der Waals surface area (Å²) in [6, 6.07) is 8.73. The largest absolute Gasteiger partial charge is 0.360 e. The van der Waals surface area contributed by atoms with Crippen LogP contribution >= 0.6 is 11.8 Å². The lowest BCUT2D eigenvalue weighted by Gasteiger charge is -2.35. The van der Waals surface area contributed by atoms with Gasteiger partial charge in [-0.25, -0.2) is 0 Å². The van der Waals surface area contributed by atoms with Gasteiger partial charge < -0.3 is 5.32 Å². The van der Waals surface area contributed by atoms with Crippen molar-refractivity contribution in [3.8, 4) is 0 Å². The highest BCUT2D eigenvalue weighted by Gasteiger charge is 2.27. The maximum Gasteiger partial charge on any atom is 0.157 e. The van der Waals surface area contributed by atoms with Crippen LogP contribution in [0.15, 0.2) is 29.3 Å². The van der Waals surface area contributed by atoms with E-state index in [1.54, 1.807) is 0 Å². The molecule has 19 heavy (non-hydrogen) atoms. The molecule has 0 radical (unpaired) electrons. The van der Waals surface area contributed by atoms with Gasteiger partial charge in [0.1, 0.15) is 0 Å². The van der Waals surface area contributed by atoms with Crippen LogP contribution in [0, 0.1) is 6.92 Å². The number of benzene rings is 1. The molecule has 1 aromatic carbocycles. The Kier molecular flexibility index (Phi) is 4.56. The van der Waals surface area contributed by atoms with E-state index < -0.39 is 0 Å². The molecule has 0 amide bonds. The highest BCUT2D eigenvalue weighted by atomic mass is 32.2. The Hall–Kier alpha value is -0.960. The van der Waals surface area contributed by atoms with Crippen molar-refractivity contribution in [2.75, 3.05) is 5.75 Å². The van der Waals surface area contributed by atoms with E-state index in [9.17, 15) is 0 Å². The summed E-state index contributed by atoms with van der Waals surface area (Å²) >= 11 is 1.85. The Labute approximate surface area is 121 Å². The van der Waals surface area contributed by atoms with Crippen molar-refractivity contribution < 1.29 is 0 Å². The molecule has 2 atom stereocenters. The Balaban J connectivity index is 2.15. The van der Waals surface area contributed by atoms with Crippen LogP contribution in [0.3, 0.4) is 0 Å². The average molecular weight is 276 g/mol. The van der Waals surface area contributed by atoms with Gasteiger partial charge in [-0.1, -0.05) is 43.0 Å². The van der Waals surface area contributed by atoms with E-state index in [4.69, 9.17) is 4.99 Å². The summed E-state index contributed by atoms with van der Waals surface area (Å²) in [6.07, 6.45) is 2.36. The zero-order valence-corrected chi connectivity index (χ0v) is 13.2. The standard InChI is InChI=1S/C16H24N2S/c1-5-16(4)10-11-19-15(18-16)17-13(3)14-9-7-6-8-12(14)2/h6-9,13H,5,10-11H2,1-4H3,(H,17,18). The van der Waals surface area contributed by atoms with E-state index in [1.165, 1.54) is 17.5 Å². The van der Waals surface area contributed by atoms with Gasteiger partial charge in [0, 0.05) is 11.3 Å². The van der Waals surface area contributed by atoms with Gasteiger partial charge in [-0.3, -0.25) is 4.99 Å². The fourth-order valence-electron chi connectivity index (χ4n) is 2.37. The molecule has 104 valence electrons. The molecule has 1 heterocycles. The van der Waals surface area contributed by atoms with Crippen molar-refractivity contribution >= 4 is 16.9 Å². The van der Waals surface area contributed by atoms with Crippen LogP contribution in [0.2, 0.25) is 0 Å². The van der Waals surface area contributed by atoms with Gasteiger partial charge in [0.15, 0.2) is 5.17 Å². The lowest BCUT2D eigenvalue weighted by atomic mass is 9.96. The zero-order valence-electron chi connectivity index (χ0n) is 12.4. The van der Waals surface area contributed by atoms with Crippen molar-refractivity contribution in [1.29, 1.82) is 0 Å². The van der Waals surface area contributed by atoms with E-state index >= 15 is 0 Å². The Morgan fingerprint density at radius 2 is 2.16 bits per heavy atom. The summed E-state index contributed by atoms with van der Waals surface area (Å²) in [5.41, 5.74) is 2.86. The molecule has 2 unspecified atom stereocenters. The van der Waals surface area contributed by atoms with Crippen LogP contribution in [0.5, 0.6) is 0 Å². The van der Waals surface area contributed by atoms with Crippen molar-refractivity contribution in [3.63, 3.8) is 0 Å². The second-order valence-corrected chi connectivity index (χ2v) is 6.69. The number of thioether (sulfide) groups is 1. The molecule has 1 fully saturated rings. The minimum atomic E-state index is 0.218. The molecule has 0 saturated carbocycles. The maximum atomic E-state index is 4.88. The van der Waals surface area contributed by atoms with Crippen LogP contribution in [0.1, 0.15) is 50.8 Å². The van der Waals surface area contributed by atoms with E-state index in [-0.39, 0.29) is 11.6 Å². The van der Waals surface area contributed by atoms with Crippen LogP contribution in [-0.4, -0.2) is 16.5 Å². The summed E-state index contributed by atoms with van der Waals surface area (Å²) < 4.78 is 0. The topological polar surface area (TPSA) is 24.4 Å². The normalized spacial score (nSPS) is 27.1. The van der Waals surface area contributed by atoms with E-state index in [1.807, 2.05) is 11.8 Å². The van der Waals surface area contributed by atoms with Gasteiger partial charge in [0.2, 0.25) is 0 Å². The Morgan fingerprint density at radius 3 is 2.84 bits per heavy atom. The molecule has 0 spiro atoms. The van der Waals surface area contributed by atoms with Gasteiger partial charge >= 0.3 is 0 Å². The molecule has 1 aliphatic rings. The number of nitrogens with one attached hydrogen (secondary N) is 1. The molecule has 0 bridgehead atoms. The summed E-state index contributed by atoms with van der Waals surface area (Å²) in [7, 11) is 0. The molecular weight excluding hydrogens is 252 g/mol. The first-order valence-electron chi connectivity index (χ1n) is 7.08. The van der Waals surface area contributed by atoms with Crippen molar-refractivity contribution in [2.45, 2.75) is 52.1 Å². The second kappa shape index (κ2) is 6.00. The Bertz CT molecular complexity index is 470. The lowest BCUT2D eigenvalue weighted by molar-refractivity contribution is 0.389. The predicted octanol–water partition coefficient (Wildman–Crippen LogP) is 4.31. The molecule has 2 nitrogen and oxygen atoms in total. The van der Waals surface area contributed by atoms with Gasteiger partial charge in [-0.05, 0) is 44.7 Å². The van der Waals surface area contributed by atoms with Crippen LogP contribution in [0.4, 0.5) is 0 Å². The minimum Gasteiger partial charge on any atom is -0.360 e. The monoisotopic (exact) mass is 276 g/mol. The number of aliphatic imine (C=N–C) groups is 1. The van der Waals surface area contributed by atoms with Crippen LogP contribution < -0.4 is 5.32 Å². The fourth-order valence-corrected chi connectivity index (χ4v) is 3.66. The van der Waals surface area contributed by atoms with Crippen molar-refractivity contribution in [2.24, 2.45) is 4.99 Å². The molecule has 1 aliphatic heterocycles. The quantitative estimate of drug-likeness (QED) is 0.889. The van der Waals surface area contributed by atoms with Gasteiger partial charge in [0.25, 0.3) is 0 Å². The molecule has 1 N–H and O–H groups in total. The summed E-state index contributed by atoms with van der Waals surface area (Å²) in [5.74, 6) is 1.16. The van der Waals surface area contributed by atoms with Crippen molar-refractivity contribution in [1.82, 2.24) is 5.32 Å². The third kappa shape index (κ3) is 3.53. The molecule has 3 heteroatoms. The summed E-state index contributed by atoms with van der Waals surface area (Å²) in [5, 5.41) is 4.72. The SMILES string of the molecule is CCC1(C)CCSC(=NC(C)c2ccccc2C)N1. The molecule has 0 aliphatic carbocycles. The van der Waals surface area contributed by atoms with Crippen LogP contribution in [-0.2, 0) is 0 Å². The third-order valence-corrected chi connectivity index (χ3v) is 4.92. The number of aryl methyl sites for hydroxylation is 1. The molecule has 0 aromatic heterocycles. The first-order chi connectivity index (χ1) is 9.04. The first kappa shape index (κ1) is 14.4. The predicted molar refractivity (Wildman–Crippen MR) is 85.9 cm³/mol. The Morgan fingerprint density at radius 1 is 1.42 bits per heavy atom. The van der Waals surface area contributed by atoms with E-state index in [2.05, 4.69) is 57.3 Å². The zero-order chi connectivity index (χ0) is 13.9. The molecular formula is C16H24N2S. The lowest BCUT2D eigenvalue weighted by Crippen LogP contribution is -2.48. The third-order valence-electron chi connectivity index (χ3n) is 4.03. The minimum absolute atomic E-state index is 0.218. The van der Waals surface area contributed by atoms with Crippen LogP contribution in [0.25, 0.3) is 0 Å². The number of amidine groups is 1. The van der Waals surface area contributed by atoms with E-state index in [0.29, 0.717) is 0 Å². The van der Waals surface area contributed by atoms with Crippen molar-refractivity contribution in [3.05, 3.63) is 35.4 Å². The molecule has 1 aromatic rings. The highest BCUT2D eigenvalue weighted by molar-refractivity contribution is 8.13. The highest BCUT2D eigenvalue weighted by Crippen LogP contribution is 2.27. The summed E-state index contributed by atoms with van der Waals surface area (Å²) in [6.45, 7) is 8.87. The molecule has 1 saturated heterocycles. The van der Waals surface area contributed by atoms with Gasteiger partial charge in [-0.2, -0.15) is 0 Å². The number of nitrogens with zero attached hydrogens (tertiary/aromatic N) is 1. The maximum absolute atomic E-state index is 4.88. The first-order valence-corrected chi connectivity index (χ1v) is 8.07. The smallest absolute Gasteiger partial charge is 0.157 e. The van der Waals surface area contributed by atoms with Gasteiger partial charge in [-0.15, -0.1) is 0 Å². The van der Waals surface area contributed by atoms with Gasteiger partial charge in [0.05, 0.1) is 6.04 Å². The number of rotatable bonds is 3. The fraction of sp³-hybridized carbons (Fsp3) is 0.562. The molecule has 2 rings (SSSR count). The number of hydrogen-bond acceptors (Lipinski definition) is 2.